The fraction of sp³-hybridized carbons (Fsp3) is 0.833. The summed E-state index contributed by atoms with van der Waals surface area (Å²) in [4.78, 5) is 0. The minimum atomic E-state index is -2.30. The molecule has 0 spiro atoms. The molecule has 2 aliphatic rings. The van der Waals surface area contributed by atoms with Crippen molar-refractivity contribution in [3.63, 3.8) is 0 Å². The van der Waals surface area contributed by atoms with Gasteiger partial charge in [-0.2, -0.15) is 0 Å². The molecule has 2 rings (SSSR count). The molecule has 23 heavy (non-hydrogen) atoms. The maximum absolute atomic E-state index is 9.94. The summed E-state index contributed by atoms with van der Waals surface area (Å²) in [6.07, 6.45) is -10.0. The number of aliphatic hydroxyl groups is 8. The van der Waals surface area contributed by atoms with Crippen molar-refractivity contribution in [1.82, 2.24) is 0 Å². The second-order valence-electron chi connectivity index (χ2n) is 5.26. The molecule has 0 bridgehead atoms. The van der Waals surface area contributed by atoms with Crippen LogP contribution in [0.15, 0.2) is 11.5 Å². The predicted molar refractivity (Wildman–Crippen MR) is 68.5 cm³/mol. The number of hydrogen-bond donors (Lipinski definition) is 8. The van der Waals surface area contributed by atoms with Crippen LogP contribution in [0.3, 0.4) is 0 Å². The lowest BCUT2D eigenvalue weighted by Crippen LogP contribution is -2.62. The van der Waals surface area contributed by atoms with Gasteiger partial charge in [-0.05, 0) is 0 Å². The summed E-state index contributed by atoms with van der Waals surface area (Å²) in [7, 11) is 0. The van der Waals surface area contributed by atoms with Gasteiger partial charge in [0.15, 0.2) is 23.9 Å². The highest BCUT2D eigenvalue weighted by atomic mass is 16.8. The van der Waals surface area contributed by atoms with Crippen LogP contribution < -0.4 is 0 Å². The third-order valence-electron chi connectivity index (χ3n) is 3.79. The Hall–Kier alpha value is -1.02. The van der Waals surface area contributed by atoms with E-state index in [2.05, 4.69) is 0 Å². The molecule has 8 N–H and O–H groups in total. The van der Waals surface area contributed by atoms with Gasteiger partial charge in [-0.1, -0.05) is 0 Å². The topological polar surface area (TPSA) is 190 Å². The first kappa shape index (κ1) is 18.3. The second kappa shape index (κ2) is 6.84. The molecule has 134 valence electrons. The molecule has 7 atom stereocenters. The van der Waals surface area contributed by atoms with E-state index in [1.165, 1.54) is 0 Å². The van der Waals surface area contributed by atoms with Gasteiger partial charge in [0.2, 0.25) is 0 Å². The summed E-state index contributed by atoms with van der Waals surface area (Å²) >= 11 is 0. The van der Waals surface area contributed by atoms with Crippen LogP contribution in [0.2, 0.25) is 0 Å². The molecule has 0 aliphatic carbocycles. The minimum Gasteiger partial charge on any atom is -0.506 e. The maximum atomic E-state index is 9.94. The summed E-state index contributed by atoms with van der Waals surface area (Å²) in [5.41, 5.74) is 0. The van der Waals surface area contributed by atoms with E-state index in [0.29, 0.717) is 0 Å². The molecule has 2 heterocycles. The van der Waals surface area contributed by atoms with E-state index in [9.17, 15) is 30.6 Å². The van der Waals surface area contributed by atoms with Crippen molar-refractivity contribution in [3.8, 4) is 0 Å². The number of hydrogen-bond acceptors (Lipinski definition) is 11. The van der Waals surface area contributed by atoms with Crippen molar-refractivity contribution in [2.75, 3.05) is 19.8 Å². The van der Waals surface area contributed by atoms with Gasteiger partial charge >= 0.3 is 0 Å². The zero-order chi connectivity index (χ0) is 17.4. The standard InChI is InChI=1S/C12H20O11/c13-1-4-6(16)8(18)9(19)11(21-4)23-12(3-15)10(20)7(17)5(2-14)22-12/h4,6,8-11,13-20H,1-3H2/t4-,6-,8+,9-,10+,11-,12+/m1/s1. The van der Waals surface area contributed by atoms with Gasteiger partial charge in [-0.15, -0.1) is 0 Å². The first-order valence-corrected chi connectivity index (χ1v) is 6.80. The molecule has 11 heteroatoms. The SMILES string of the molecule is OCC1=C(O)[C@H](O)[C@](CO)(O[C@H]2O[C@H](CO)[C@@H](O)[C@H](O)[C@H]2O)O1. The Labute approximate surface area is 130 Å². The van der Waals surface area contributed by atoms with Crippen LogP contribution in [0.1, 0.15) is 0 Å². The molecule has 1 saturated heterocycles. The van der Waals surface area contributed by atoms with E-state index in [4.69, 9.17) is 24.4 Å². The molecule has 11 nitrogen and oxygen atoms in total. The zero-order valence-corrected chi connectivity index (χ0v) is 11.9. The largest absolute Gasteiger partial charge is 0.506 e. The normalized spacial score (nSPS) is 44.5. The highest BCUT2D eigenvalue weighted by Gasteiger charge is 2.55. The molecule has 0 radical (unpaired) electrons. The fourth-order valence-corrected chi connectivity index (χ4v) is 2.40. The van der Waals surface area contributed by atoms with Crippen molar-refractivity contribution >= 4 is 0 Å². The fourth-order valence-electron chi connectivity index (χ4n) is 2.40. The highest BCUT2D eigenvalue weighted by Crippen LogP contribution is 2.37. The average Bonchev–Trinajstić information content (AvgIpc) is 2.80. The van der Waals surface area contributed by atoms with Crippen LogP contribution in [0.5, 0.6) is 0 Å². The molecule has 0 aromatic heterocycles. The lowest BCUT2D eigenvalue weighted by molar-refractivity contribution is -0.378. The van der Waals surface area contributed by atoms with Crippen LogP contribution >= 0.6 is 0 Å². The van der Waals surface area contributed by atoms with Crippen LogP contribution in [0.25, 0.3) is 0 Å². The Bertz CT molecular complexity index is 452. The van der Waals surface area contributed by atoms with Gasteiger partial charge < -0.3 is 55.1 Å². The van der Waals surface area contributed by atoms with Gasteiger partial charge in [0, 0.05) is 0 Å². The molecule has 1 fully saturated rings. The Balaban J connectivity index is 2.19. The third kappa shape index (κ3) is 3.03. The minimum absolute atomic E-state index is 0.448. The number of ether oxygens (including phenoxy) is 3. The molecule has 2 aliphatic heterocycles. The van der Waals surface area contributed by atoms with Gasteiger partial charge in [-0.3, -0.25) is 0 Å². The molecule has 0 amide bonds. The van der Waals surface area contributed by atoms with Crippen molar-refractivity contribution < 1.29 is 55.1 Å². The van der Waals surface area contributed by atoms with Crippen molar-refractivity contribution in [2.45, 2.75) is 42.6 Å². The monoisotopic (exact) mass is 340 g/mol. The lowest BCUT2D eigenvalue weighted by Gasteiger charge is -2.43. The smallest absolute Gasteiger partial charge is 0.269 e. The summed E-state index contributed by atoms with van der Waals surface area (Å²) in [6, 6.07) is 0. The molecule has 0 unspecified atom stereocenters. The number of aliphatic hydroxyl groups excluding tert-OH is 8. The summed E-state index contributed by atoms with van der Waals surface area (Å²) < 4.78 is 15.3. The first-order chi connectivity index (χ1) is 10.8. The van der Waals surface area contributed by atoms with Crippen molar-refractivity contribution in [1.29, 1.82) is 0 Å². The quantitative estimate of drug-likeness (QED) is 0.241. The van der Waals surface area contributed by atoms with E-state index < -0.39 is 73.9 Å². The van der Waals surface area contributed by atoms with E-state index in [1.807, 2.05) is 0 Å². The molecule has 0 aromatic carbocycles. The van der Waals surface area contributed by atoms with E-state index in [-0.39, 0.29) is 0 Å². The van der Waals surface area contributed by atoms with Gasteiger partial charge in [0.1, 0.15) is 37.6 Å². The Morgan fingerprint density at radius 1 is 1.00 bits per heavy atom. The lowest BCUT2D eigenvalue weighted by atomic mass is 9.99. The van der Waals surface area contributed by atoms with Gasteiger partial charge in [0.05, 0.1) is 6.61 Å². The summed E-state index contributed by atoms with van der Waals surface area (Å²) in [5.74, 6) is -3.52. The third-order valence-corrected chi connectivity index (χ3v) is 3.79. The molecular formula is C12H20O11. The van der Waals surface area contributed by atoms with Crippen molar-refractivity contribution in [2.24, 2.45) is 0 Å². The predicted octanol–water partition coefficient (Wildman–Crippen LogP) is -4.36. The molecule has 0 saturated carbocycles. The molecule has 0 aromatic rings. The highest BCUT2D eigenvalue weighted by molar-refractivity contribution is 5.17. The summed E-state index contributed by atoms with van der Waals surface area (Å²) in [5, 5.41) is 76.4. The van der Waals surface area contributed by atoms with Gasteiger partial charge in [0.25, 0.3) is 5.79 Å². The maximum Gasteiger partial charge on any atom is 0.269 e. The van der Waals surface area contributed by atoms with Gasteiger partial charge in [-0.25, -0.2) is 0 Å². The summed E-state index contributed by atoms with van der Waals surface area (Å²) in [6.45, 7) is -2.49. The van der Waals surface area contributed by atoms with Crippen LogP contribution in [-0.4, -0.2) is 103 Å². The van der Waals surface area contributed by atoms with E-state index in [1.54, 1.807) is 0 Å². The van der Waals surface area contributed by atoms with E-state index >= 15 is 0 Å². The Morgan fingerprint density at radius 3 is 2.13 bits per heavy atom. The van der Waals surface area contributed by atoms with Crippen LogP contribution in [0, 0.1) is 0 Å². The second-order valence-corrected chi connectivity index (χ2v) is 5.26. The average molecular weight is 340 g/mol. The number of rotatable bonds is 5. The van der Waals surface area contributed by atoms with Crippen molar-refractivity contribution in [3.05, 3.63) is 11.5 Å². The van der Waals surface area contributed by atoms with E-state index in [0.717, 1.165) is 0 Å². The zero-order valence-electron chi connectivity index (χ0n) is 11.9. The first-order valence-electron chi connectivity index (χ1n) is 6.80. The van der Waals surface area contributed by atoms with Crippen LogP contribution in [0.4, 0.5) is 0 Å². The Kier molecular flexibility index (Phi) is 5.45. The van der Waals surface area contributed by atoms with Crippen LogP contribution in [-0.2, 0) is 14.2 Å². The Morgan fingerprint density at radius 2 is 1.65 bits per heavy atom. The molecular weight excluding hydrogens is 320 g/mol.